The van der Waals surface area contributed by atoms with Crippen molar-refractivity contribution in [3.05, 3.63) is 106 Å². The van der Waals surface area contributed by atoms with Gasteiger partial charge in [-0.25, -0.2) is 9.59 Å². The number of halogens is 6. The lowest BCUT2D eigenvalue weighted by Crippen LogP contribution is -2.43. The minimum atomic E-state index is -4.92. The average Bonchev–Trinajstić information content (AvgIpc) is 4.09. The molecule has 0 unspecified atom stereocenters. The van der Waals surface area contributed by atoms with E-state index in [1.54, 1.807) is 4.90 Å². The Morgan fingerprint density at radius 2 is 0.976 bits per heavy atom. The first-order valence-electron chi connectivity index (χ1n) is 26.7. The van der Waals surface area contributed by atoms with Crippen LogP contribution in [0.15, 0.2) is 72.8 Å². The van der Waals surface area contributed by atoms with Crippen molar-refractivity contribution in [2.24, 2.45) is 0 Å². The van der Waals surface area contributed by atoms with Crippen molar-refractivity contribution in [1.82, 2.24) is 40.9 Å². The van der Waals surface area contributed by atoms with Crippen molar-refractivity contribution in [2.45, 2.75) is 83.8 Å². The van der Waals surface area contributed by atoms with Gasteiger partial charge < -0.3 is 67.4 Å². The number of nitrogens with zero attached hydrogens (tertiary/aromatic N) is 4. The van der Waals surface area contributed by atoms with E-state index in [0.717, 1.165) is 115 Å². The molecular formula is C55H68F6N12O9. The maximum atomic E-state index is 12.7. The minimum Gasteiger partial charge on any atom is -0.406 e. The van der Waals surface area contributed by atoms with Crippen LogP contribution in [0, 0.1) is 13.8 Å². The molecule has 4 aromatic rings. The molecule has 4 saturated heterocycles. The van der Waals surface area contributed by atoms with E-state index < -0.39 is 47.9 Å². The zero-order valence-electron chi connectivity index (χ0n) is 45.4. The van der Waals surface area contributed by atoms with Crippen molar-refractivity contribution in [3.63, 3.8) is 0 Å². The molecule has 4 fully saturated rings. The second-order valence-electron chi connectivity index (χ2n) is 20.3. The van der Waals surface area contributed by atoms with Crippen LogP contribution in [0.1, 0.15) is 75.1 Å². The smallest absolute Gasteiger partial charge is 0.406 e. The summed E-state index contributed by atoms with van der Waals surface area (Å²) in [5.41, 5.74) is 16.4. The molecule has 0 aliphatic carbocycles. The third-order valence-electron chi connectivity index (χ3n) is 13.9. The van der Waals surface area contributed by atoms with Crippen molar-refractivity contribution in [1.29, 1.82) is 0 Å². The van der Waals surface area contributed by atoms with Crippen molar-refractivity contribution >= 4 is 58.4 Å². The van der Waals surface area contributed by atoms with Crippen molar-refractivity contribution < 1.29 is 69.3 Å². The van der Waals surface area contributed by atoms with Gasteiger partial charge in [-0.15, -0.1) is 26.3 Å². The Morgan fingerprint density at radius 1 is 0.561 bits per heavy atom. The number of aryl methyl sites for hydroxylation is 2. The van der Waals surface area contributed by atoms with Gasteiger partial charge in [-0.05, 0) is 117 Å². The monoisotopic (exact) mass is 1150 g/mol. The molecule has 0 saturated carbocycles. The lowest BCUT2D eigenvalue weighted by Gasteiger charge is -2.27. The summed E-state index contributed by atoms with van der Waals surface area (Å²) in [5, 5.41) is 16.5. The molecular weight excluding hydrogens is 1090 g/mol. The number of nitrogens with one attached hydrogen (secondary N) is 6. The number of rotatable bonds is 16. The van der Waals surface area contributed by atoms with Crippen LogP contribution in [-0.4, -0.2) is 159 Å². The summed E-state index contributed by atoms with van der Waals surface area (Å²) in [6.45, 7) is 10.8. The van der Waals surface area contributed by atoms with E-state index in [-0.39, 0.29) is 59.7 Å². The molecule has 0 spiro atoms. The van der Waals surface area contributed by atoms with Crippen molar-refractivity contribution in [3.8, 4) is 11.5 Å². The molecule has 2 atom stereocenters. The number of hydrogen-bond acceptors (Lipinski definition) is 13. The van der Waals surface area contributed by atoms with E-state index in [4.69, 9.17) is 16.2 Å². The molecule has 4 aliphatic rings. The normalized spacial score (nSPS) is 17.7. The van der Waals surface area contributed by atoms with Gasteiger partial charge in [0.2, 0.25) is 11.8 Å². The van der Waals surface area contributed by atoms with E-state index in [1.807, 2.05) is 55.1 Å². The Labute approximate surface area is 469 Å². The summed E-state index contributed by atoms with van der Waals surface area (Å²) in [5.74, 6) is -3.63. The first-order valence-corrected chi connectivity index (χ1v) is 26.7. The molecule has 27 heteroatoms. The molecule has 4 heterocycles. The number of nitrogen functional groups attached to an aromatic ring is 2. The molecule has 4 aromatic carbocycles. The van der Waals surface area contributed by atoms with E-state index in [0.29, 0.717) is 65.3 Å². The maximum absolute atomic E-state index is 12.7. The quantitative estimate of drug-likeness (QED) is 0.0468. The van der Waals surface area contributed by atoms with Crippen LogP contribution < -0.4 is 52.8 Å². The Hall–Kier alpha value is -8.04. The maximum Gasteiger partial charge on any atom is 0.573 e. The Morgan fingerprint density at radius 3 is 1.39 bits per heavy atom. The largest absolute Gasteiger partial charge is 0.573 e. The van der Waals surface area contributed by atoms with Gasteiger partial charge in [0, 0.05) is 100 Å². The molecule has 4 aliphatic heterocycles. The molecule has 8 rings (SSSR count). The number of likely N-dealkylation sites (tertiary alicyclic amines) is 3. The van der Waals surface area contributed by atoms with Gasteiger partial charge in [-0.1, -0.05) is 24.3 Å². The first kappa shape index (κ1) is 61.6. The Kier molecular flexibility index (Phi) is 21.1. The van der Waals surface area contributed by atoms with E-state index in [9.17, 15) is 55.1 Å². The van der Waals surface area contributed by atoms with Gasteiger partial charge in [0.25, 0.3) is 11.8 Å². The number of benzene rings is 4. The summed E-state index contributed by atoms with van der Waals surface area (Å²) in [4.78, 5) is 83.0. The third kappa shape index (κ3) is 19.0. The zero-order valence-corrected chi connectivity index (χ0v) is 45.4. The van der Waals surface area contributed by atoms with E-state index in [1.165, 1.54) is 0 Å². The van der Waals surface area contributed by atoms with Gasteiger partial charge in [0.15, 0.2) is 0 Å². The number of alkyl halides is 6. The van der Waals surface area contributed by atoms with Crippen LogP contribution in [0.2, 0.25) is 0 Å². The Bertz CT molecular complexity index is 2730. The predicted molar refractivity (Wildman–Crippen MR) is 292 cm³/mol. The highest BCUT2D eigenvalue weighted by Gasteiger charge is 2.33. The van der Waals surface area contributed by atoms with Crippen molar-refractivity contribution in [2.75, 3.05) is 101 Å². The number of anilines is 4. The third-order valence-corrected chi connectivity index (χ3v) is 13.9. The number of piperidine rings is 1. The number of carbonyl (C=O) groups is 6. The Balaban J connectivity index is 0.000000236. The molecule has 0 radical (unpaired) electrons. The SMILES string of the molecule is Cc1ccc(CN2CC[C@@H](NC(=O)CNC(=O)c3cc(OC(F)(F)F)ccc3N)C2)cc1NC(=O)N1CCCCC1.Cc1ccc(CN2CC[C@@H](NC(=O)CNC(=O)c3cc(OC(F)(F)F)ccc3N)C2)cc1NC(=O)N1CCOCC1. The zero-order chi connectivity index (χ0) is 59.1. The number of ether oxygens (including phenoxy) is 3. The highest BCUT2D eigenvalue weighted by atomic mass is 19.4. The highest BCUT2D eigenvalue weighted by Crippen LogP contribution is 2.29. The molecule has 21 nitrogen and oxygen atoms in total. The summed E-state index contributed by atoms with van der Waals surface area (Å²) in [7, 11) is 0. The second kappa shape index (κ2) is 28.1. The van der Waals surface area contributed by atoms with E-state index >= 15 is 0 Å². The van der Waals surface area contributed by atoms with Gasteiger partial charge in [0.1, 0.15) is 11.5 Å². The lowest BCUT2D eigenvalue weighted by molar-refractivity contribution is -0.275. The van der Waals surface area contributed by atoms with Crippen LogP contribution in [0.3, 0.4) is 0 Å². The number of urea groups is 2. The standard InChI is InChI=1S/C28H35F3N6O4.C27H33F3N6O5/c1-18-5-6-19(13-24(18)35-27(40)37-10-3-2-4-11-37)16-36-12-9-20(17-36)34-25(38)15-33-26(39)22-14-21(7-8-23(22)32)41-28(29,30)31;1-17-2-3-18(12-23(17)34-26(39)36-8-10-40-11-9-36)15-35-7-6-19(16-35)33-24(37)14-32-25(38)21-13-20(4-5-22(21)31)41-27(28,29)30/h5-8,13-14,20H,2-4,9-12,15-17,32H2,1H3,(H,33,39)(H,34,38)(H,35,40);2-5,12-13,19H,6-11,14-16,31H2,1H3,(H,32,38)(H,33,37)(H,34,39)/t20-;19-/m11/s1. The summed E-state index contributed by atoms with van der Waals surface area (Å²) in [6.07, 6.45) is -5.21. The van der Waals surface area contributed by atoms with Crippen LogP contribution in [0.4, 0.5) is 58.7 Å². The van der Waals surface area contributed by atoms with Gasteiger partial charge in [-0.2, -0.15) is 0 Å². The van der Waals surface area contributed by atoms with Crippen LogP contribution >= 0.6 is 0 Å². The summed E-state index contributed by atoms with van der Waals surface area (Å²) < 4.78 is 87.9. The minimum absolute atomic E-state index is 0.0470. The fourth-order valence-electron chi connectivity index (χ4n) is 9.69. The molecule has 444 valence electrons. The molecule has 82 heavy (non-hydrogen) atoms. The molecule has 10 N–H and O–H groups in total. The van der Waals surface area contributed by atoms with Gasteiger partial charge in [-0.3, -0.25) is 29.0 Å². The number of nitrogens with two attached hydrogens (primary N) is 2. The topological polar surface area (TPSA) is 267 Å². The average molecular weight is 1160 g/mol. The van der Waals surface area contributed by atoms with Crippen LogP contribution in [-0.2, 0) is 27.4 Å². The van der Waals surface area contributed by atoms with Crippen LogP contribution in [0.5, 0.6) is 11.5 Å². The second-order valence-corrected chi connectivity index (χ2v) is 20.3. The number of carbonyl (C=O) groups excluding carboxylic acids is 6. The predicted octanol–water partition coefficient (Wildman–Crippen LogP) is 6.07. The first-order chi connectivity index (χ1) is 38.9. The number of hydrogen-bond donors (Lipinski definition) is 8. The summed E-state index contributed by atoms with van der Waals surface area (Å²) >= 11 is 0. The summed E-state index contributed by atoms with van der Waals surface area (Å²) in [6, 6.07) is 17.4. The fourth-order valence-corrected chi connectivity index (χ4v) is 9.69. The molecule has 0 bridgehead atoms. The molecule has 0 aromatic heterocycles. The van der Waals surface area contributed by atoms with Gasteiger partial charge >= 0.3 is 24.8 Å². The van der Waals surface area contributed by atoms with Gasteiger partial charge in [0.05, 0.1) is 37.4 Å². The highest BCUT2D eigenvalue weighted by molar-refractivity contribution is 6.02. The number of amides is 8. The lowest BCUT2D eigenvalue weighted by atomic mass is 10.1. The fraction of sp³-hybridized carbons (Fsp3) is 0.455. The van der Waals surface area contributed by atoms with E-state index in [2.05, 4.69) is 51.2 Å². The number of morpholine rings is 1. The van der Waals surface area contributed by atoms with Crippen LogP contribution in [0.25, 0.3) is 0 Å². The molecule has 8 amide bonds.